The number of nitrogens with zero attached hydrogens (tertiary/aromatic N) is 2. The van der Waals surface area contributed by atoms with Crippen molar-refractivity contribution < 1.29 is 14.7 Å². The molecule has 3 aromatic carbocycles. The highest BCUT2D eigenvalue weighted by Crippen LogP contribution is 2.29. The number of aliphatic carboxylic acids is 1. The molecule has 0 bridgehead atoms. The summed E-state index contributed by atoms with van der Waals surface area (Å²) in [7, 11) is 0. The lowest BCUT2D eigenvalue weighted by Crippen LogP contribution is -2.46. The van der Waals surface area contributed by atoms with Crippen molar-refractivity contribution in [1.29, 1.82) is 0 Å². The number of aryl methyl sites for hydroxylation is 1. The van der Waals surface area contributed by atoms with Crippen molar-refractivity contribution in [2.75, 3.05) is 43.1 Å². The molecular formula is C30H35N3O3S. The Labute approximate surface area is 223 Å². The molecule has 0 aromatic heterocycles. The summed E-state index contributed by atoms with van der Waals surface area (Å²) < 4.78 is 0. The summed E-state index contributed by atoms with van der Waals surface area (Å²) in [6, 6.07) is 23.5. The first kappa shape index (κ1) is 26.8. The van der Waals surface area contributed by atoms with Gasteiger partial charge in [0.25, 0.3) is 5.91 Å². The van der Waals surface area contributed by atoms with Gasteiger partial charge in [-0.25, -0.2) is 4.79 Å². The van der Waals surface area contributed by atoms with Gasteiger partial charge < -0.3 is 15.3 Å². The predicted octanol–water partition coefficient (Wildman–Crippen LogP) is 4.92. The van der Waals surface area contributed by atoms with Gasteiger partial charge in [0, 0.05) is 44.0 Å². The minimum Gasteiger partial charge on any atom is -0.480 e. The van der Waals surface area contributed by atoms with Crippen molar-refractivity contribution in [3.63, 3.8) is 0 Å². The van der Waals surface area contributed by atoms with E-state index in [1.54, 1.807) is 11.8 Å². The van der Waals surface area contributed by atoms with E-state index in [9.17, 15) is 14.7 Å². The summed E-state index contributed by atoms with van der Waals surface area (Å²) in [5, 5.41) is 12.4. The monoisotopic (exact) mass is 517 g/mol. The van der Waals surface area contributed by atoms with Crippen LogP contribution in [0.25, 0.3) is 11.1 Å². The van der Waals surface area contributed by atoms with Crippen LogP contribution in [0.4, 0.5) is 5.69 Å². The number of amides is 1. The smallest absolute Gasteiger partial charge is 0.326 e. The van der Waals surface area contributed by atoms with Crippen LogP contribution in [0.2, 0.25) is 0 Å². The summed E-state index contributed by atoms with van der Waals surface area (Å²) in [5.41, 5.74) is 5.80. The summed E-state index contributed by atoms with van der Waals surface area (Å²) in [6.07, 6.45) is 2.31. The Morgan fingerprint density at radius 2 is 1.65 bits per heavy atom. The highest BCUT2D eigenvalue weighted by molar-refractivity contribution is 7.98. The van der Waals surface area contributed by atoms with Crippen LogP contribution in [0.1, 0.15) is 27.9 Å². The second kappa shape index (κ2) is 12.8. The second-order valence-corrected chi connectivity index (χ2v) is 10.4. The number of carboxylic acids is 1. The van der Waals surface area contributed by atoms with Gasteiger partial charge >= 0.3 is 5.97 Å². The molecule has 1 amide bonds. The maximum Gasteiger partial charge on any atom is 0.326 e. The summed E-state index contributed by atoms with van der Waals surface area (Å²) in [6.45, 7) is 6.71. The van der Waals surface area contributed by atoms with E-state index in [0.29, 0.717) is 17.7 Å². The average molecular weight is 518 g/mol. The molecule has 1 aliphatic rings. The van der Waals surface area contributed by atoms with E-state index >= 15 is 0 Å². The van der Waals surface area contributed by atoms with E-state index in [2.05, 4.69) is 45.4 Å². The maximum absolute atomic E-state index is 13.3. The van der Waals surface area contributed by atoms with Gasteiger partial charge in [0.2, 0.25) is 0 Å². The third-order valence-electron chi connectivity index (χ3n) is 6.88. The number of piperazine rings is 1. The normalized spacial score (nSPS) is 14.8. The Hall–Kier alpha value is -3.29. The predicted molar refractivity (Wildman–Crippen MR) is 152 cm³/mol. The number of carbonyl (C=O) groups is 2. The molecule has 1 aliphatic heterocycles. The average Bonchev–Trinajstić information content (AvgIpc) is 2.92. The van der Waals surface area contributed by atoms with E-state index in [1.165, 1.54) is 5.69 Å². The number of anilines is 1. The van der Waals surface area contributed by atoms with Gasteiger partial charge in [-0.15, -0.1) is 0 Å². The molecule has 37 heavy (non-hydrogen) atoms. The van der Waals surface area contributed by atoms with Gasteiger partial charge in [0.15, 0.2) is 0 Å². The Kier molecular flexibility index (Phi) is 9.25. The van der Waals surface area contributed by atoms with E-state index in [0.717, 1.165) is 55.0 Å². The largest absolute Gasteiger partial charge is 0.480 e. The quantitative estimate of drug-likeness (QED) is 0.398. The van der Waals surface area contributed by atoms with Crippen molar-refractivity contribution in [1.82, 2.24) is 10.2 Å². The van der Waals surface area contributed by atoms with Crippen molar-refractivity contribution in [3.8, 4) is 11.1 Å². The van der Waals surface area contributed by atoms with Crippen molar-refractivity contribution in [2.45, 2.75) is 25.9 Å². The molecule has 0 aliphatic carbocycles. The van der Waals surface area contributed by atoms with Crippen LogP contribution in [-0.4, -0.2) is 66.1 Å². The first-order valence-electron chi connectivity index (χ1n) is 12.7. The maximum atomic E-state index is 13.3. The number of benzene rings is 3. The molecule has 4 rings (SSSR count). The third kappa shape index (κ3) is 6.93. The molecule has 3 aromatic rings. The number of para-hydroxylation sites is 1. The fourth-order valence-electron chi connectivity index (χ4n) is 4.78. The Bertz CT molecular complexity index is 1210. The van der Waals surface area contributed by atoms with Gasteiger partial charge in [0.05, 0.1) is 0 Å². The summed E-state index contributed by atoms with van der Waals surface area (Å²) in [4.78, 5) is 29.9. The lowest BCUT2D eigenvalue weighted by atomic mass is 9.93. The zero-order chi connectivity index (χ0) is 26.2. The van der Waals surface area contributed by atoms with Crippen LogP contribution < -0.4 is 10.2 Å². The Morgan fingerprint density at radius 3 is 2.32 bits per heavy atom. The van der Waals surface area contributed by atoms with Crippen LogP contribution in [0.5, 0.6) is 0 Å². The third-order valence-corrected chi connectivity index (χ3v) is 7.52. The highest BCUT2D eigenvalue weighted by Gasteiger charge is 2.23. The van der Waals surface area contributed by atoms with Crippen molar-refractivity contribution in [3.05, 3.63) is 89.5 Å². The minimum atomic E-state index is -1.01. The van der Waals surface area contributed by atoms with Crippen molar-refractivity contribution >= 4 is 29.3 Å². The Morgan fingerprint density at radius 1 is 0.946 bits per heavy atom. The van der Waals surface area contributed by atoms with E-state index < -0.39 is 12.0 Å². The molecule has 1 heterocycles. The molecule has 194 valence electrons. The molecule has 1 fully saturated rings. The van der Waals surface area contributed by atoms with Gasteiger partial charge in [-0.3, -0.25) is 9.69 Å². The van der Waals surface area contributed by atoms with Crippen LogP contribution >= 0.6 is 11.8 Å². The number of thioether (sulfide) groups is 1. The summed E-state index contributed by atoms with van der Waals surface area (Å²) in [5.74, 6) is -0.695. The zero-order valence-electron chi connectivity index (χ0n) is 21.5. The summed E-state index contributed by atoms with van der Waals surface area (Å²) >= 11 is 1.57. The molecule has 0 radical (unpaired) electrons. The standard InChI is InChI=1S/C30H35N3O3S/c1-22-8-6-7-11-25(22)27-20-23(12-13-26(27)29(34)31-28(30(35)36)14-19-37-2)21-32-15-17-33(18-16-32)24-9-4-3-5-10-24/h3-13,20,28H,14-19,21H2,1-2H3,(H,31,34)(H,35,36). The van der Waals surface area contributed by atoms with E-state index in [-0.39, 0.29) is 5.91 Å². The first-order valence-corrected chi connectivity index (χ1v) is 14.1. The van der Waals surface area contributed by atoms with Crippen LogP contribution in [0.15, 0.2) is 72.8 Å². The molecule has 1 saturated heterocycles. The molecule has 7 heteroatoms. The molecule has 0 spiro atoms. The SMILES string of the molecule is CSCCC(NC(=O)c1ccc(CN2CCN(c3ccccc3)CC2)cc1-c1ccccc1C)C(=O)O. The number of nitrogens with one attached hydrogen (secondary N) is 1. The number of hydrogen-bond donors (Lipinski definition) is 2. The molecule has 6 nitrogen and oxygen atoms in total. The topological polar surface area (TPSA) is 72.9 Å². The second-order valence-electron chi connectivity index (χ2n) is 9.44. The molecule has 0 saturated carbocycles. The highest BCUT2D eigenvalue weighted by atomic mass is 32.2. The Balaban J connectivity index is 1.53. The van der Waals surface area contributed by atoms with Gasteiger partial charge in [-0.1, -0.05) is 48.5 Å². The number of carbonyl (C=O) groups excluding carboxylic acids is 1. The van der Waals surface area contributed by atoms with Gasteiger partial charge in [0.1, 0.15) is 6.04 Å². The van der Waals surface area contributed by atoms with Gasteiger partial charge in [-0.2, -0.15) is 11.8 Å². The van der Waals surface area contributed by atoms with E-state index in [1.807, 2.05) is 55.6 Å². The van der Waals surface area contributed by atoms with Crippen LogP contribution in [-0.2, 0) is 11.3 Å². The number of hydrogen-bond acceptors (Lipinski definition) is 5. The molecule has 2 N–H and O–H groups in total. The van der Waals surface area contributed by atoms with Crippen LogP contribution in [0.3, 0.4) is 0 Å². The molecule has 1 atom stereocenters. The fourth-order valence-corrected chi connectivity index (χ4v) is 5.25. The fraction of sp³-hybridized carbons (Fsp3) is 0.333. The zero-order valence-corrected chi connectivity index (χ0v) is 22.3. The molecular weight excluding hydrogens is 482 g/mol. The number of carboxylic acid groups (broad SMARTS) is 1. The lowest BCUT2D eigenvalue weighted by Gasteiger charge is -2.36. The first-order chi connectivity index (χ1) is 18.0. The van der Waals surface area contributed by atoms with Crippen molar-refractivity contribution in [2.24, 2.45) is 0 Å². The van der Waals surface area contributed by atoms with Crippen LogP contribution in [0, 0.1) is 6.92 Å². The lowest BCUT2D eigenvalue weighted by molar-refractivity contribution is -0.139. The minimum absolute atomic E-state index is 0.352. The van der Waals surface area contributed by atoms with Gasteiger partial charge in [-0.05, 0) is 71.9 Å². The van der Waals surface area contributed by atoms with E-state index in [4.69, 9.17) is 0 Å². The number of rotatable bonds is 10. The molecule has 1 unspecified atom stereocenters.